The molecule has 0 bridgehead atoms. The van der Waals surface area contributed by atoms with E-state index < -0.39 is 0 Å². The summed E-state index contributed by atoms with van der Waals surface area (Å²) in [5.41, 5.74) is 2.99. The highest BCUT2D eigenvalue weighted by Gasteiger charge is 1.95. The number of hydrogen-bond acceptors (Lipinski definition) is 0. The van der Waals surface area contributed by atoms with E-state index in [0.717, 1.165) is 6.42 Å². The molecule has 58 valence electrons. The molecule has 10 heavy (non-hydrogen) atoms. The van der Waals surface area contributed by atoms with Gasteiger partial charge in [0.25, 0.3) is 0 Å². The Balaban J connectivity index is 4.35. The zero-order valence-corrected chi connectivity index (χ0v) is 7.41. The third-order valence-electron chi connectivity index (χ3n) is 1.93. The maximum absolute atomic E-state index is 3.79. The average molecular weight is 138 g/mol. The first-order valence-electron chi connectivity index (χ1n) is 4.13. The van der Waals surface area contributed by atoms with Crippen molar-refractivity contribution in [2.24, 2.45) is 0 Å². The normalized spacial score (nSPS) is 9.10. The molecule has 0 amide bonds. The van der Waals surface area contributed by atoms with Gasteiger partial charge in [-0.3, -0.25) is 0 Å². The molecule has 0 N–H and O–H groups in total. The second-order valence-corrected chi connectivity index (χ2v) is 2.39. The fraction of sp³-hybridized carbons (Fsp3) is 0.600. The molecule has 0 aromatic carbocycles. The smallest absolute Gasteiger partial charge is 0.0308 e. The lowest BCUT2D eigenvalue weighted by molar-refractivity contribution is 0.930. The molecular weight excluding hydrogens is 120 g/mol. The second-order valence-electron chi connectivity index (χ2n) is 2.39. The van der Waals surface area contributed by atoms with Crippen LogP contribution in [0.3, 0.4) is 0 Å². The van der Waals surface area contributed by atoms with Crippen LogP contribution in [0.15, 0.2) is 23.8 Å². The third-order valence-corrected chi connectivity index (χ3v) is 1.93. The highest BCUT2D eigenvalue weighted by molar-refractivity contribution is 5.23. The molecule has 0 aromatic heterocycles. The van der Waals surface area contributed by atoms with Crippen LogP contribution in [0.4, 0.5) is 0 Å². The van der Waals surface area contributed by atoms with Gasteiger partial charge < -0.3 is 0 Å². The van der Waals surface area contributed by atoms with E-state index in [2.05, 4.69) is 27.4 Å². The Morgan fingerprint density at radius 3 is 1.70 bits per heavy atom. The van der Waals surface area contributed by atoms with Crippen molar-refractivity contribution in [1.82, 2.24) is 0 Å². The highest BCUT2D eigenvalue weighted by Crippen LogP contribution is 2.15. The molecular formula is C10H18. The van der Waals surface area contributed by atoms with Gasteiger partial charge in [-0.25, -0.2) is 0 Å². The second kappa shape index (κ2) is 5.28. The van der Waals surface area contributed by atoms with Gasteiger partial charge >= 0.3 is 0 Å². The van der Waals surface area contributed by atoms with Crippen molar-refractivity contribution in [2.45, 2.75) is 40.0 Å². The summed E-state index contributed by atoms with van der Waals surface area (Å²) in [5.74, 6) is 0. The highest BCUT2D eigenvalue weighted by atomic mass is 14.0. The van der Waals surface area contributed by atoms with Gasteiger partial charge in [0.2, 0.25) is 0 Å². The lowest BCUT2D eigenvalue weighted by atomic mass is 10.0. The van der Waals surface area contributed by atoms with Crippen LogP contribution in [0.5, 0.6) is 0 Å². The van der Waals surface area contributed by atoms with Crippen LogP contribution in [-0.2, 0) is 0 Å². The topological polar surface area (TPSA) is 0 Å². The molecule has 0 radical (unpaired) electrons. The average Bonchev–Trinajstić information content (AvgIpc) is 2.00. The Morgan fingerprint density at radius 1 is 1.10 bits per heavy atom. The number of hydrogen-bond donors (Lipinski definition) is 0. The summed E-state index contributed by atoms with van der Waals surface area (Å²) in [7, 11) is 0. The van der Waals surface area contributed by atoms with E-state index in [1.54, 1.807) is 5.57 Å². The van der Waals surface area contributed by atoms with Crippen molar-refractivity contribution in [3.05, 3.63) is 23.8 Å². The van der Waals surface area contributed by atoms with Crippen molar-refractivity contribution in [3.8, 4) is 0 Å². The zero-order valence-electron chi connectivity index (χ0n) is 7.41. The molecule has 0 rings (SSSR count). The van der Waals surface area contributed by atoms with Crippen LogP contribution in [-0.4, -0.2) is 0 Å². The SMILES string of the molecule is C=CC(CC)=C(CC)CC. The largest absolute Gasteiger partial charge is 0.0988 e. The third kappa shape index (κ3) is 2.38. The fourth-order valence-electron chi connectivity index (χ4n) is 1.24. The minimum Gasteiger partial charge on any atom is -0.0988 e. The van der Waals surface area contributed by atoms with Gasteiger partial charge in [-0.15, -0.1) is 0 Å². The molecule has 0 nitrogen and oxygen atoms in total. The Kier molecular flexibility index (Phi) is 5.00. The predicted octanol–water partition coefficient (Wildman–Crippen LogP) is 3.70. The van der Waals surface area contributed by atoms with E-state index in [9.17, 15) is 0 Å². The van der Waals surface area contributed by atoms with Gasteiger partial charge in [-0.2, -0.15) is 0 Å². The van der Waals surface area contributed by atoms with Gasteiger partial charge in [-0.1, -0.05) is 39.0 Å². The lowest BCUT2D eigenvalue weighted by Crippen LogP contribution is -1.85. The molecule has 0 aromatic rings. The van der Waals surface area contributed by atoms with Crippen molar-refractivity contribution >= 4 is 0 Å². The summed E-state index contributed by atoms with van der Waals surface area (Å²) in [5, 5.41) is 0. The Morgan fingerprint density at radius 2 is 1.60 bits per heavy atom. The van der Waals surface area contributed by atoms with E-state index in [4.69, 9.17) is 0 Å². The van der Waals surface area contributed by atoms with Crippen LogP contribution >= 0.6 is 0 Å². The van der Waals surface area contributed by atoms with Crippen molar-refractivity contribution in [1.29, 1.82) is 0 Å². The Labute approximate surface area is 64.6 Å². The summed E-state index contributed by atoms with van der Waals surface area (Å²) in [6.07, 6.45) is 5.46. The van der Waals surface area contributed by atoms with Crippen LogP contribution in [0.25, 0.3) is 0 Å². The van der Waals surface area contributed by atoms with Crippen molar-refractivity contribution in [3.63, 3.8) is 0 Å². The summed E-state index contributed by atoms with van der Waals surface area (Å²) >= 11 is 0. The van der Waals surface area contributed by atoms with E-state index in [1.165, 1.54) is 18.4 Å². The van der Waals surface area contributed by atoms with Crippen LogP contribution < -0.4 is 0 Å². The molecule has 0 spiro atoms. The molecule has 0 aliphatic rings. The molecule has 0 aliphatic heterocycles. The van der Waals surface area contributed by atoms with Gasteiger partial charge in [0.05, 0.1) is 0 Å². The molecule has 0 saturated heterocycles. The van der Waals surface area contributed by atoms with Crippen molar-refractivity contribution < 1.29 is 0 Å². The van der Waals surface area contributed by atoms with Crippen LogP contribution in [0.1, 0.15) is 40.0 Å². The maximum atomic E-state index is 3.79. The quantitative estimate of drug-likeness (QED) is 0.520. The number of allylic oxidation sites excluding steroid dienone is 3. The van der Waals surface area contributed by atoms with Gasteiger partial charge in [-0.05, 0) is 24.8 Å². The van der Waals surface area contributed by atoms with Gasteiger partial charge in [0, 0.05) is 0 Å². The van der Waals surface area contributed by atoms with Crippen molar-refractivity contribution in [2.75, 3.05) is 0 Å². The standard InChI is InChI=1S/C10H18/c1-5-9(6-2)10(7-3)8-4/h5H,1,6-8H2,2-4H3. The first kappa shape index (κ1) is 9.48. The van der Waals surface area contributed by atoms with E-state index in [-0.39, 0.29) is 0 Å². The monoisotopic (exact) mass is 138 g/mol. The minimum absolute atomic E-state index is 1.13. The molecule has 0 aliphatic carbocycles. The number of rotatable bonds is 4. The minimum atomic E-state index is 1.13. The summed E-state index contributed by atoms with van der Waals surface area (Å²) in [4.78, 5) is 0. The van der Waals surface area contributed by atoms with E-state index >= 15 is 0 Å². The summed E-state index contributed by atoms with van der Waals surface area (Å²) < 4.78 is 0. The first-order chi connectivity index (χ1) is 4.79. The molecule has 0 saturated carbocycles. The first-order valence-corrected chi connectivity index (χ1v) is 4.13. The Bertz CT molecular complexity index is 123. The zero-order chi connectivity index (χ0) is 7.98. The molecule has 0 atom stereocenters. The van der Waals surface area contributed by atoms with Gasteiger partial charge in [0.1, 0.15) is 0 Å². The summed E-state index contributed by atoms with van der Waals surface area (Å²) in [6, 6.07) is 0. The van der Waals surface area contributed by atoms with E-state index in [0.29, 0.717) is 0 Å². The van der Waals surface area contributed by atoms with Crippen LogP contribution in [0.2, 0.25) is 0 Å². The summed E-state index contributed by atoms with van der Waals surface area (Å²) in [6.45, 7) is 10.4. The lowest BCUT2D eigenvalue weighted by Gasteiger charge is -2.05. The maximum Gasteiger partial charge on any atom is -0.0308 e. The molecule has 0 heteroatoms. The molecule has 0 heterocycles. The van der Waals surface area contributed by atoms with Gasteiger partial charge in [0.15, 0.2) is 0 Å². The molecule has 0 fully saturated rings. The van der Waals surface area contributed by atoms with E-state index in [1.807, 2.05) is 6.08 Å². The molecule has 0 unspecified atom stereocenters. The van der Waals surface area contributed by atoms with Crippen LogP contribution in [0, 0.1) is 0 Å². The predicted molar refractivity (Wildman–Crippen MR) is 48.1 cm³/mol. The fourth-order valence-corrected chi connectivity index (χ4v) is 1.24. The Hall–Kier alpha value is -0.520.